The number of rotatable bonds is 3. The fraction of sp³-hybridized carbons (Fsp3) is 0.118. The summed E-state index contributed by atoms with van der Waals surface area (Å²) < 4.78 is 4.97. The maximum Gasteiger partial charge on any atom is 0.255 e. The number of nitrogens with zero attached hydrogens (tertiary/aromatic N) is 2. The van der Waals surface area contributed by atoms with Crippen molar-refractivity contribution in [3.05, 3.63) is 65.5 Å². The number of amides is 1. The van der Waals surface area contributed by atoms with Crippen LogP contribution < -0.4 is 5.32 Å². The highest BCUT2D eigenvalue weighted by Crippen LogP contribution is 2.19. The largest absolute Gasteiger partial charge is 0.339 e. The van der Waals surface area contributed by atoms with Crippen LogP contribution in [0.2, 0.25) is 0 Å². The molecule has 110 valence electrons. The Hall–Kier alpha value is -2.95. The van der Waals surface area contributed by atoms with Gasteiger partial charge in [-0.1, -0.05) is 35.5 Å². The topological polar surface area (TPSA) is 68.0 Å². The van der Waals surface area contributed by atoms with E-state index in [-0.39, 0.29) is 5.91 Å². The Morgan fingerprint density at radius 3 is 2.64 bits per heavy atom. The van der Waals surface area contributed by atoms with E-state index in [0.717, 1.165) is 16.8 Å². The minimum absolute atomic E-state index is 0.170. The monoisotopic (exact) mass is 293 g/mol. The van der Waals surface area contributed by atoms with Crippen molar-refractivity contribution < 1.29 is 9.32 Å². The van der Waals surface area contributed by atoms with Crippen LogP contribution in [0.3, 0.4) is 0 Å². The average Bonchev–Trinajstić information content (AvgIpc) is 2.96. The Labute approximate surface area is 128 Å². The number of carbonyl (C=O) groups is 1. The van der Waals surface area contributed by atoms with Crippen LogP contribution in [0.4, 0.5) is 5.69 Å². The maximum atomic E-state index is 12.4. The zero-order valence-corrected chi connectivity index (χ0v) is 12.3. The van der Waals surface area contributed by atoms with Gasteiger partial charge in [0.1, 0.15) is 0 Å². The first kappa shape index (κ1) is 14.0. The fourth-order valence-electron chi connectivity index (χ4n) is 2.12. The molecule has 1 amide bonds. The van der Waals surface area contributed by atoms with Crippen LogP contribution in [0.1, 0.15) is 21.8 Å². The minimum Gasteiger partial charge on any atom is -0.339 e. The van der Waals surface area contributed by atoms with Gasteiger partial charge in [0, 0.05) is 23.7 Å². The van der Waals surface area contributed by atoms with Gasteiger partial charge in [0.15, 0.2) is 0 Å². The smallest absolute Gasteiger partial charge is 0.255 e. The third-order valence-electron chi connectivity index (χ3n) is 3.30. The Balaban J connectivity index is 1.86. The van der Waals surface area contributed by atoms with Crippen molar-refractivity contribution in [1.82, 2.24) is 10.1 Å². The number of aryl methyl sites for hydroxylation is 2. The highest BCUT2D eigenvalue weighted by molar-refractivity contribution is 6.05. The van der Waals surface area contributed by atoms with Gasteiger partial charge in [-0.3, -0.25) is 4.79 Å². The minimum atomic E-state index is -0.170. The van der Waals surface area contributed by atoms with E-state index >= 15 is 0 Å². The Kier molecular flexibility index (Phi) is 3.70. The van der Waals surface area contributed by atoms with E-state index < -0.39 is 0 Å². The lowest BCUT2D eigenvalue weighted by Gasteiger charge is -2.08. The Morgan fingerprint density at radius 2 is 1.91 bits per heavy atom. The van der Waals surface area contributed by atoms with Crippen molar-refractivity contribution in [2.75, 3.05) is 5.32 Å². The first-order valence-corrected chi connectivity index (χ1v) is 6.91. The van der Waals surface area contributed by atoms with Gasteiger partial charge >= 0.3 is 0 Å². The van der Waals surface area contributed by atoms with Crippen molar-refractivity contribution in [2.45, 2.75) is 13.8 Å². The van der Waals surface area contributed by atoms with Gasteiger partial charge in [-0.15, -0.1) is 0 Å². The molecule has 0 fully saturated rings. The van der Waals surface area contributed by atoms with Crippen LogP contribution in [0, 0.1) is 13.8 Å². The Morgan fingerprint density at radius 1 is 1.09 bits per heavy atom. The van der Waals surface area contributed by atoms with Gasteiger partial charge in [0.05, 0.1) is 0 Å². The molecule has 5 heteroatoms. The molecule has 0 radical (unpaired) electrons. The van der Waals surface area contributed by atoms with Gasteiger partial charge in [0.2, 0.25) is 11.7 Å². The predicted octanol–water partition coefficient (Wildman–Crippen LogP) is 3.61. The van der Waals surface area contributed by atoms with E-state index in [4.69, 9.17) is 4.52 Å². The number of hydrogen-bond donors (Lipinski definition) is 1. The molecule has 0 aliphatic heterocycles. The van der Waals surface area contributed by atoms with Gasteiger partial charge in [-0.05, 0) is 30.7 Å². The van der Waals surface area contributed by atoms with E-state index in [1.54, 1.807) is 25.1 Å². The molecular weight excluding hydrogens is 278 g/mol. The number of para-hydroxylation sites is 1. The zero-order valence-electron chi connectivity index (χ0n) is 12.3. The van der Waals surface area contributed by atoms with E-state index in [2.05, 4.69) is 15.5 Å². The number of nitrogens with one attached hydrogen (secondary N) is 1. The number of benzene rings is 2. The molecule has 2 aromatic carbocycles. The molecule has 0 unspecified atom stereocenters. The second-order valence-electron chi connectivity index (χ2n) is 4.99. The lowest BCUT2D eigenvalue weighted by atomic mass is 10.1. The highest BCUT2D eigenvalue weighted by atomic mass is 16.5. The standard InChI is InChI=1S/C17H15N3O2/c1-11-6-3-4-9-15(11)19-17(21)14-8-5-7-13(10-14)16-18-12(2)22-20-16/h3-10H,1-2H3,(H,19,21). The van der Waals surface area contributed by atoms with Crippen molar-refractivity contribution >= 4 is 11.6 Å². The van der Waals surface area contributed by atoms with E-state index in [9.17, 15) is 4.79 Å². The fourth-order valence-corrected chi connectivity index (χ4v) is 2.12. The summed E-state index contributed by atoms with van der Waals surface area (Å²) in [6, 6.07) is 14.8. The molecule has 22 heavy (non-hydrogen) atoms. The molecule has 0 bridgehead atoms. The number of carbonyl (C=O) groups excluding carboxylic acids is 1. The SMILES string of the molecule is Cc1nc(-c2cccc(C(=O)Nc3ccccc3C)c2)no1. The molecular formula is C17H15N3O2. The summed E-state index contributed by atoms with van der Waals surface area (Å²) >= 11 is 0. The summed E-state index contributed by atoms with van der Waals surface area (Å²) in [7, 11) is 0. The van der Waals surface area contributed by atoms with Crippen LogP contribution >= 0.6 is 0 Å². The summed E-state index contributed by atoms with van der Waals surface area (Å²) in [5, 5.41) is 6.77. The van der Waals surface area contributed by atoms with Crippen LogP contribution in [0.5, 0.6) is 0 Å². The zero-order chi connectivity index (χ0) is 15.5. The average molecular weight is 293 g/mol. The second kappa shape index (κ2) is 5.81. The van der Waals surface area contributed by atoms with Gasteiger partial charge in [0.25, 0.3) is 5.91 Å². The van der Waals surface area contributed by atoms with Crippen molar-refractivity contribution in [3.63, 3.8) is 0 Å². The normalized spacial score (nSPS) is 10.5. The molecule has 1 heterocycles. The third kappa shape index (κ3) is 2.88. The van der Waals surface area contributed by atoms with E-state index in [0.29, 0.717) is 17.3 Å². The second-order valence-corrected chi connectivity index (χ2v) is 4.99. The third-order valence-corrected chi connectivity index (χ3v) is 3.30. The summed E-state index contributed by atoms with van der Waals surface area (Å²) in [6.07, 6.45) is 0. The van der Waals surface area contributed by atoms with Crippen LogP contribution in [-0.2, 0) is 0 Å². The lowest BCUT2D eigenvalue weighted by Crippen LogP contribution is -2.12. The number of hydrogen-bond acceptors (Lipinski definition) is 4. The van der Waals surface area contributed by atoms with E-state index in [1.165, 1.54) is 0 Å². The molecule has 0 saturated carbocycles. The van der Waals surface area contributed by atoms with Crippen molar-refractivity contribution in [1.29, 1.82) is 0 Å². The Bertz CT molecular complexity index is 824. The number of anilines is 1. The predicted molar refractivity (Wildman–Crippen MR) is 83.6 cm³/mol. The molecule has 0 spiro atoms. The van der Waals surface area contributed by atoms with Gasteiger partial charge in [-0.2, -0.15) is 4.98 Å². The molecule has 3 rings (SSSR count). The summed E-state index contributed by atoms with van der Waals surface area (Å²) in [6.45, 7) is 3.68. The van der Waals surface area contributed by atoms with Crippen LogP contribution in [0.25, 0.3) is 11.4 Å². The highest BCUT2D eigenvalue weighted by Gasteiger charge is 2.11. The van der Waals surface area contributed by atoms with Crippen LogP contribution in [0.15, 0.2) is 53.1 Å². The van der Waals surface area contributed by atoms with Crippen molar-refractivity contribution in [2.24, 2.45) is 0 Å². The quantitative estimate of drug-likeness (QED) is 0.801. The summed E-state index contributed by atoms with van der Waals surface area (Å²) in [5.74, 6) is 0.796. The molecule has 0 saturated heterocycles. The molecule has 5 nitrogen and oxygen atoms in total. The van der Waals surface area contributed by atoms with E-state index in [1.807, 2.05) is 37.3 Å². The molecule has 1 aromatic heterocycles. The molecule has 1 N–H and O–H groups in total. The maximum absolute atomic E-state index is 12.4. The first-order valence-electron chi connectivity index (χ1n) is 6.91. The lowest BCUT2D eigenvalue weighted by molar-refractivity contribution is 0.102. The molecule has 0 aliphatic carbocycles. The van der Waals surface area contributed by atoms with Gasteiger partial charge in [-0.25, -0.2) is 0 Å². The van der Waals surface area contributed by atoms with Crippen molar-refractivity contribution in [3.8, 4) is 11.4 Å². The first-order chi connectivity index (χ1) is 10.6. The molecule has 3 aromatic rings. The molecule has 0 atom stereocenters. The summed E-state index contributed by atoms with van der Waals surface area (Å²) in [5.41, 5.74) is 3.10. The number of aromatic nitrogens is 2. The van der Waals surface area contributed by atoms with Gasteiger partial charge < -0.3 is 9.84 Å². The van der Waals surface area contributed by atoms with Crippen LogP contribution in [-0.4, -0.2) is 16.0 Å². The molecule has 0 aliphatic rings. The summed E-state index contributed by atoms with van der Waals surface area (Å²) in [4.78, 5) is 16.5.